The van der Waals surface area contributed by atoms with Crippen molar-refractivity contribution in [2.75, 3.05) is 13.1 Å². The van der Waals surface area contributed by atoms with E-state index in [1.807, 2.05) is 6.92 Å². The Bertz CT molecular complexity index is 559. The van der Waals surface area contributed by atoms with Gasteiger partial charge in [-0.15, -0.1) is 0 Å². The number of imidazole rings is 1. The Morgan fingerprint density at radius 1 is 1.53 bits per heavy atom. The molecular formula is C10H18N6O2S. The Balaban J connectivity index is 2.53. The molecule has 0 aliphatic rings. The van der Waals surface area contributed by atoms with Crippen molar-refractivity contribution in [1.82, 2.24) is 14.3 Å². The lowest BCUT2D eigenvalue weighted by Gasteiger charge is -2.02. The maximum atomic E-state index is 11.9. The lowest BCUT2D eigenvalue weighted by Crippen LogP contribution is -2.25. The Morgan fingerprint density at radius 3 is 2.84 bits per heavy atom. The molecule has 0 fully saturated rings. The average molecular weight is 286 g/mol. The number of aryl methyl sites for hydroxylation is 2. The molecule has 0 saturated carbocycles. The van der Waals surface area contributed by atoms with E-state index in [0.29, 0.717) is 38.3 Å². The zero-order valence-corrected chi connectivity index (χ0v) is 11.9. The van der Waals surface area contributed by atoms with Crippen molar-refractivity contribution in [3.63, 3.8) is 0 Å². The second-order valence-corrected chi connectivity index (χ2v) is 5.69. The van der Waals surface area contributed by atoms with Crippen molar-refractivity contribution in [3.8, 4) is 0 Å². The number of azide groups is 1. The topological polar surface area (TPSA) is 113 Å². The van der Waals surface area contributed by atoms with E-state index >= 15 is 0 Å². The Kier molecular flexibility index (Phi) is 5.81. The van der Waals surface area contributed by atoms with Crippen molar-refractivity contribution < 1.29 is 8.42 Å². The molecule has 19 heavy (non-hydrogen) atoms. The lowest BCUT2D eigenvalue weighted by atomic mass is 10.3. The number of nitrogens with zero attached hydrogens (tertiary/aromatic N) is 5. The van der Waals surface area contributed by atoms with E-state index in [4.69, 9.17) is 5.53 Å². The number of unbranched alkanes of at least 4 members (excludes halogenated alkanes) is 1. The first-order chi connectivity index (χ1) is 9.01. The quantitative estimate of drug-likeness (QED) is 0.338. The zero-order chi connectivity index (χ0) is 14.3. The molecule has 0 bridgehead atoms. The van der Waals surface area contributed by atoms with Crippen LogP contribution in [-0.2, 0) is 16.6 Å². The van der Waals surface area contributed by atoms with E-state index in [9.17, 15) is 8.42 Å². The first kappa shape index (κ1) is 15.5. The Hall–Kier alpha value is -1.57. The minimum absolute atomic E-state index is 0.0434. The SMILES string of the molecule is CCn1cc(S(=O)(=O)NCCCCN=[N+]=[N-])nc1C. The minimum atomic E-state index is -3.55. The third kappa shape index (κ3) is 4.55. The first-order valence-corrected chi connectivity index (χ1v) is 7.54. The largest absolute Gasteiger partial charge is 0.334 e. The van der Waals surface area contributed by atoms with Gasteiger partial charge in [-0.2, -0.15) is 0 Å². The summed E-state index contributed by atoms with van der Waals surface area (Å²) in [6.07, 6.45) is 2.79. The minimum Gasteiger partial charge on any atom is -0.334 e. The van der Waals surface area contributed by atoms with Crippen molar-refractivity contribution in [1.29, 1.82) is 0 Å². The number of aromatic nitrogens is 2. The predicted molar refractivity (Wildman–Crippen MR) is 71.1 cm³/mol. The fourth-order valence-electron chi connectivity index (χ4n) is 1.56. The van der Waals surface area contributed by atoms with Crippen LogP contribution in [0.15, 0.2) is 16.3 Å². The predicted octanol–water partition coefficient (Wildman–Crippen LogP) is 1.58. The van der Waals surface area contributed by atoms with Crippen LogP contribution in [0.5, 0.6) is 0 Å². The number of hydrogen-bond donors (Lipinski definition) is 1. The van der Waals surface area contributed by atoms with Gasteiger partial charge in [0.15, 0.2) is 5.03 Å². The lowest BCUT2D eigenvalue weighted by molar-refractivity contribution is 0.573. The fourth-order valence-corrected chi connectivity index (χ4v) is 2.64. The maximum absolute atomic E-state index is 11.9. The monoisotopic (exact) mass is 286 g/mol. The molecule has 106 valence electrons. The molecule has 0 spiro atoms. The van der Waals surface area contributed by atoms with Gasteiger partial charge in [-0.25, -0.2) is 18.1 Å². The molecule has 1 aromatic heterocycles. The van der Waals surface area contributed by atoms with Crippen LogP contribution in [0, 0.1) is 6.92 Å². The highest BCUT2D eigenvalue weighted by Gasteiger charge is 2.17. The Labute approximate surface area is 112 Å². The number of rotatable bonds is 8. The Morgan fingerprint density at radius 2 is 2.26 bits per heavy atom. The van der Waals surface area contributed by atoms with Crippen LogP contribution < -0.4 is 4.72 Å². The molecule has 1 N–H and O–H groups in total. The van der Waals surface area contributed by atoms with E-state index in [-0.39, 0.29) is 5.03 Å². The van der Waals surface area contributed by atoms with Crippen LogP contribution in [0.1, 0.15) is 25.6 Å². The molecule has 0 atom stereocenters. The summed E-state index contributed by atoms with van der Waals surface area (Å²) in [4.78, 5) is 6.65. The molecule has 0 saturated heterocycles. The smallest absolute Gasteiger partial charge is 0.259 e. The van der Waals surface area contributed by atoms with Gasteiger partial charge in [0.05, 0.1) is 0 Å². The zero-order valence-electron chi connectivity index (χ0n) is 11.1. The van der Waals surface area contributed by atoms with Crippen molar-refractivity contribution in [2.24, 2.45) is 5.11 Å². The fraction of sp³-hybridized carbons (Fsp3) is 0.700. The van der Waals surface area contributed by atoms with E-state index in [2.05, 4.69) is 19.7 Å². The molecule has 0 aliphatic heterocycles. The third-order valence-corrected chi connectivity index (χ3v) is 3.94. The van der Waals surface area contributed by atoms with E-state index < -0.39 is 10.0 Å². The van der Waals surface area contributed by atoms with Crippen LogP contribution in [0.25, 0.3) is 10.4 Å². The summed E-state index contributed by atoms with van der Waals surface area (Å²) < 4.78 is 28.1. The third-order valence-electron chi connectivity index (χ3n) is 2.61. The summed E-state index contributed by atoms with van der Waals surface area (Å²) in [6.45, 7) is 5.06. The van der Waals surface area contributed by atoms with E-state index in [1.54, 1.807) is 11.5 Å². The van der Waals surface area contributed by atoms with Gasteiger partial charge < -0.3 is 4.57 Å². The normalized spacial score (nSPS) is 11.3. The van der Waals surface area contributed by atoms with E-state index in [0.717, 1.165) is 0 Å². The van der Waals surface area contributed by atoms with E-state index in [1.165, 1.54) is 6.20 Å². The van der Waals surface area contributed by atoms with Gasteiger partial charge in [0, 0.05) is 30.7 Å². The molecule has 0 amide bonds. The summed E-state index contributed by atoms with van der Waals surface area (Å²) in [5.41, 5.74) is 8.09. The first-order valence-electron chi connectivity index (χ1n) is 6.05. The van der Waals surface area contributed by atoms with Crippen LogP contribution in [-0.4, -0.2) is 31.1 Å². The summed E-state index contributed by atoms with van der Waals surface area (Å²) in [5, 5.41) is 3.42. The molecule has 0 aromatic carbocycles. The van der Waals surface area contributed by atoms with Crippen molar-refractivity contribution >= 4 is 10.0 Å². The number of sulfonamides is 1. The van der Waals surface area contributed by atoms with Gasteiger partial charge >= 0.3 is 0 Å². The van der Waals surface area contributed by atoms with Gasteiger partial charge in [0.2, 0.25) is 0 Å². The standard InChI is InChI=1S/C10H18N6O2S/c1-3-16-8-10(14-9(16)2)19(17,18)13-7-5-4-6-12-15-11/h8,13H,3-7H2,1-2H3. The van der Waals surface area contributed by atoms with Crippen LogP contribution in [0.2, 0.25) is 0 Å². The van der Waals surface area contributed by atoms with Gasteiger partial charge in [-0.1, -0.05) is 5.11 Å². The maximum Gasteiger partial charge on any atom is 0.259 e. The van der Waals surface area contributed by atoms with Crippen LogP contribution >= 0.6 is 0 Å². The molecule has 9 heteroatoms. The highest BCUT2D eigenvalue weighted by molar-refractivity contribution is 7.89. The van der Waals surface area contributed by atoms with Crippen LogP contribution in [0.4, 0.5) is 0 Å². The number of nitrogens with one attached hydrogen (secondary N) is 1. The van der Waals surface area contributed by atoms with Crippen molar-refractivity contribution in [3.05, 3.63) is 22.5 Å². The molecule has 8 nitrogen and oxygen atoms in total. The molecule has 1 rings (SSSR count). The second-order valence-electron chi connectivity index (χ2n) is 3.97. The van der Waals surface area contributed by atoms with Crippen molar-refractivity contribution in [2.45, 2.75) is 38.3 Å². The van der Waals surface area contributed by atoms with Crippen LogP contribution in [0.3, 0.4) is 0 Å². The summed E-state index contributed by atoms with van der Waals surface area (Å²) in [5.74, 6) is 0.672. The molecular weight excluding hydrogens is 268 g/mol. The molecule has 0 radical (unpaired) electrons. The molecule has 1 heterocycles. The van der Waals surface area contributed by atoms with Gasteiger partial charge in [-0.3, -0.25) is 0 Å². The summed E-state index contributed by atoms with van der Waals surface area (Å²) in [7, 11) is -3.55. The highest BCUT2D eigenvalue weighted by atomic mass is 32.2. The number of hydrogen-bond acceptors (Lipinski definition) is 4. The summed E-state index contributed by atoms with van der Waals surface area (Å²) >= 11 is 0. The molecule has 0 unspecified atom stereocenters. The summed E-state index contributed by atoms with van der Waals surface area (Å²) in [6, 6.07) is 0. The van der Waals surface area contributed by atoms with Gasteiger partial charge in [-0.05, 0) is 32.2 Å². The van der Waals surface area contributed by atoms with Gasteiger partial charge in [0.25, 0.3) is 10.0 Å². The average Bonchev–Trinajstić information content (AvgIpc) is 2.76. The second kappa shape index (κ2) is 7.13. The van der Waals surface area contributed by atoms with Gasteiger partial charge in [0.1, 0.15) is 5.82 Å². The highest BCUT2D eigenvalue weighted by Crippen LogP contribution is 2.08. The molecule has 1 aromatic rings. The molecule has 0 aliphatic carbocycles.